The van der Waals surface area contributed by atoms with E-state index in [2.05, 4.69) is 9.97 Å². The molecule has 0 amide bonds. The van der Waals surface area contributed by atoms with E-state index in [1.165, 1.54) is 11.8 Å². The fraction of sp³-hybridized carbons (Fsp3) is 0.286. The number of nitrogens with zero attached hydrogens (tertiary/aromatic N) is 2. The minimum atomic E-state index is -0.0485. The number of ether oxygens (including phenoxy) is 1. The zero-order valence-electron chi connectivity index (χ0n) is 11.3. The van der Waals surface area contributed by atoms with Crippen molar-refractivity contribution in [3.8, 4) is 0 Å². The van der Waals surface area contributed by atoms with Gasteiger partial charge in [-0.15, -0.1) is 0 Å². The topological polar surface area (TPSA) is 59.9 Å². The quantitative estimate of drug-likeness (QED) is 0.591. The molecule has 0 aliphatic carbocycles. The number of hydrogen-bond donors (Lipinski definition) is 1. The van der Waals surface area contributed by atoms with Gasteiger partial charge in [0.2, 0.25) is 0 Å². The maximum absolute atomic E-state index is 12.6. The molecular weight excluding hydrogens is 274 g/mol. The van der Waals surface area contributed by atoms with Crippen LogP contribution in [-0.4, -0.2) is 34.5 Å². The van der Waals surface area contributed by atoms with E-state index < -0.39 is 0 Å². The minimum Gasteiger partial charge on any atom is -0.383 e. The second kappa shape index (κ2) is 5.30. The monoisotopic (exact) mass is 289 g/mol. The molecule has 104 valence electrons. The van der Waals surface area contributed by atoms with E-state index in [1.54, 1.807) is 11.7 Å². The molecule has 0 saturated heterocycles. The van der Waals surface area contributed by atoms with Crippen LogP contribution in [0.1, 0.15) is 0 Å². The Morgan fingerprint density at radius 1 is 1.40 bits per heavy atom. The van der Waals surface area contributed by atoms with Gasteiger partial charge in [0.05, 0.1) is 13.2 Å². The number of benzene rings is 1. The Kier molecular flexibility index (Phi) is 3.50. The number of H-pyrrole nitrogens is 1. The third-order valence-corrected chi connectivity index (χ3v) is 3.95. The standard InChI is InChI=1S/C14H15N3O2S/c1-19-8-7-17-13(18)12-11(16-14(17)20-2)9-5-3-4-6-10(9)15-12/h3-6,15H,7-8H2,1-2H3. The van der Waals surface area contributed by atoms with Crippen molar-refractivity contribution in [2.75, 3.05) is 20.0 Å². The summed E-state index contributed by atoms with van der Waals surface area (Å²) in [6.45, 7) is 0.991. The Bertz CT molecular complexity index is 822. The van der Waals surface area contributed by atoms with Crippen LogP contribution in [0.3, 0.4) is 0 Å². The first-order chi connectivity index (χ1) is 9.76. The predicted molar refractivity (Wildman–Crippen MR) is 81.5 cm³/mol. The second-order valence-corrected chi connectivity index (χ2v) is 5.22. The summed E-state index contributed by atoms with van der Waals surface area (Å²) in [6.07, 6.45) is 1.92. The Morgan fingerprint density at radius 2 is 2.20 bits per heavy atom. The molecule has 0 radical (unpaired) electrons. The number of nitrogens with one attached hydrogen (secondary N) is 1. The number of thioether (sulfide) groups is 1. The van der Waals surface area contributed by atoms with Crippen molar-refractivity contribution in [2.45, 2.75) is 11.7 Å². The van der Waals surface area contributed by atoms with Crippen LogP contribution in [0.2, 0.25) is 0 Å². The summed E-state index contributed by atoms with van der Waals surface area (Å²) in [5, 5.41) is 1.69. The molecule has 3 aromatic rings. The van der Waals surface area contributed by atoms with E-state index in [4.69, 9.17) is 4.74 Å². The molecule has 5 nitrogen and oxygen atoms in total. The molecule has 20 heavy (non-hydrogen) atoms. The van der Waals surface area contributed by atoms with Crippen molar-refractivity contribution in [1.29, 1.82) is 0 Å². The first-order valence-electron chi connectivity index (χ1n) is 6.30. The van der Waals surface area contributed by atoms with Crippen molar-refractivity contribution in [2.24, 2.45) is 0 Å². The zero-order valence-corrected chi connectivity index (χ0v) is 12.2. The summed E-state index contributed by atoms with van der Waals surface area (Å²) in [7, 11) is 1.62. The molecule has 2 heterocycles. The van der Waals surface area contributed by atoms with Gasteiger partial charge in [-0.25, -0.2) is 4.98 Å². The molecule has 0 saturated carbocycles. The van der Waals surface area contributed by atoms with E-state index in [9.17, 15) is 4.79 Å². The van der Waals surface area contributed by atoms with Gasteiger partial charge in [0.15, 0.2) is 5.16 Å². The average molecular weight is 289 g/mol. The van der Waals surface area contributed by atoms with Crippen molar-refractivity contribution < 1.29 is 4.74 Å². The summed E-state index contributed by atoms with van der Waals surface area (Å²) in [5.41, 5.74) is 2.18. The lowest BCUT2D eigenvalue weighted by Crippen LogP contribution is -2.25. The van der Waals surface area contributed by atoms with Crippen LogP contribution in [0.5, 0.6) is 0 Å². The van der Waals surface area contributed by atoms with Gasteiger partial charge in [-0.1, -0.05) is 30.0 Å². The van der Waals surface area contributed by atoms with E-state index in [0.29, 0.717) is 23.8 Å². The van der Waals surface area contributed by atoms with Gasteiger partial charge in [0.1, 0.15) is 11.0 Å². The molecule has 0 fully saturated rings. The van der Waals surface area contributed by atoms with Gasteiger partial charge < -0.3 is 9.72 Å². The van der Waals surface area contributed by atoms with Crippen LogP contribution in [0.4, 0.5) is 0 Å². The number of para-hydroxylation sites is 1. The lowest BCUT2D eigenvalue weighted by molar-refractivity contribution is 0.183. The summed E-state index contributed by atoms with van der Waals surface area (Å²) in [6, 6.07) is 7.82. The average Bonchev–Trinajstić information content (AvgIpc) is 2.85. The van der Waals surface area contributed by atoms with Crippen LogP contribution >= 0.6 is 11.8 Å². The Hall–Kier alpha value is -1.79. The lowest BCUT2D eigenvalue weighted by Gasteiger charge is -2.09. The van der Waals surface area contributed by atoms with E-state index in [-0.39, 0.29) is 5.56 Å². The van der Waals surface area contributed by atoms with Crippen molar-refractivity contribution in [3.63, 3.8) is 0 Å². The van der Waals surface area contributed by atoms with E-state index in [0.717, 1.165) is 16.4 Å². The highest BCUT2D eigenvalue weighted by atomic mass is 32.2. The van der Waals surface area contributed by atoms with Gasteiger partial charge in [0.25, 0.3) is 5.56 Å². The van der Waals surface area contributed by atoms with Gasteiger partial charge in [-0.05, 0) is 12.3 Å². The number of aromatic nitrogens is 3. The first-order valence-corrected chi connectivity index (χ1v) is 7.53. The normalized spacial score (nSPS) is 11.5. The highest BCUT2D eigenvalue weighted by Crippen LogP contribution is 2.23. The zero-order chi connectivity index (χ0) is 14.1. The highest BCUT2D eigenvalue weighted by molar-refractivity contribution is 7.98. The molecule has 0 unspecified atom stereocenters. The smallest absolute Gasteiger partial charge is 0.278 e. The fourth-order valence-corrected chi connectivity index (χ4v) is 2.89. The summed E-state index contributed by atoms with van der Waals surface area (Å²) in [4.78, 5) is 20.4. The number of fused-ring (bicyclic) bond motifs is 3. The van der Waals surface area contributed by atoms with Gasteiger partial charge in [0, 0.05) is 18.0 Å². The SMILES string of the molecule is COCCn1c(SC)nc2c([nH]c3ccccc32)c1=O. The number of hydrogen-bond acceptors (Lipinski definition) is 4. The second-order valence-electron chi connectivity index (χ2n) is 4.44. The maximum atomic E-state index is 12.6. The lowest BCUT2D eigenvalue weighted by atomic mass is 10.2. The first kappa shape index (κ1) is 13.2. The van der Waals surface area contributed by atoms with Crippen LogP contribution in [0, 0.1) is 0 Å². The van der Waals surface area contributed by atoms with Crippen LogP contribution in [-0.2, 0) is 11.3 Å². The molecule has 1 N–H and O–H groups in total. The van der Waals surface area contributed by atoms with Gasteiger partial charge in [-0.3, -0.25) is 9.36 Å². The van der Waals surface area contributed by atoms with Crippen molar-refractivity contribution in [1.82, 2.24) is 14.5 Å². The van der Waals surface area contributed by atoms with E-state index in [1.807, 2.05) is 30.5 Å². The summed E-state index contributed by atoms with van der Waals surface area (Å²) in [5.74, 6) is 0. The maximum Gasteiger partial charge on any atom is 0.278 e. The van der Waals surface area contributed by atoms with Gasteiger partial charge >= 0.3 is 0 Å². The molecule has 2 aromatic heterocycles. The van der Waals surface area contributed by atoms with Crippen LogP contribution < -0.4 is 5.56 Å². The molecule has 0 bridgehead atoms. The molecule has 3 rings (SSSR count). The Labute approximate surface area is 120 Å². The molecular formula is C14H15N3O2S. The molecule has 0 aliphatic heterocycles. The highest BCUT2D eigenvalue weighted by Gasteiger charge is 2.14. The van der Waals surface area contributed by atoms with Crippen LogP contribution in [0.15, 0.2) is 34.2 Å². The molecule has 1 aromatic carbocycles. The van der Waals surface area contributed by atoms with Gasteiger partial charge in [-0.2, -0.15) is 0 Å². The van der Waals surface area contributed by atoms with Crippen molar-refractivity contribution >= 4 is 33.7 Å². The molecule has 0 atom stereocenters. The Morgan fingerprint density at radius 3 is 2.95 bits per heavy atom. The fourth-order valence-electron chi connectivity index (χ4n) is 2.31. The third-order valence-electron chi connectivity index (χ3n) is 3.28. The van der Waals surface area contributed by atoms with Crippen molar-refractivity contribution in [3.05, 3.63) is 34.6 Å². The number of aromatic amines is 1. The minimum absolute atomic E-state index is 0.0485. The largest absolute Gasteiger partial charge is 0.383 e. The summed E-state index contributed by atoms with van der Waals surface area (Å²) >= 11 is 1.47. The molecule has 6 heteroatoms. The molecule has 0 aliphatic rings. The molecule has 0 spiro atoms. The van der Waals surface area contributed by atoms with Crippen LogP contribution in [0.25, 0.3) is 21.9 Å². The predicted octanol–water partition coefficient (Wildman–Crippen LogP) is 2.25. The Balaban J connectivity index is 2.33. The number of methoxy groups -OCH3 is 1. The van der Waals surface area contributed by atoms with E-state index >= 15 is 0 Å². The third kappa shape index (κ3) is 2.01. The summed E-state index contributed by atoms with van der Waals surface area (Å²) < 4.78 is 6.72. The number of rotatable bonds is 4.